The van der Waals surface area contributed by atoms with Gasteiger partial charge < -0.3 is 15.0 Å². The van der Waals surface area contributed by atoms with Crippen LogP contribution in [0.3, 0.4) is 0 Å². The van der Waals surface area contributed by atoms with Crippen LogP contribution in [0.5, 0.6) is 0 Å². The number of nitro benzene ring substituents is 1. The van der Waals surface area contributed by atoms with Gasteiger partial charge in [-0.15, -0.1) is 0 Å². The first-order valence-electron chi connectivity index (χ1n) is 10.5. The van der Waals surface area contributed by atoms with E-state index in [-0.39, 0.29) is 38.9 Å². The zero-order valence-electron chi connectivity index (χ0n) is 18.5. The SMILES string of the molecule is CC(C)(C)CN1CC2(CCCC(C)(CNc3cc(C#N)cc(Cl)c3[N+](=O)[O-])C2)OC1=O. The maximum atomic E-state index is 12.5. The van der Waals surface area contributed by atoms with Crippen molar-refractivity contribution < 1.29 is 14.5 Å². The summed E-state index contributed by atoms with van der Waals surface area (Å²) in [6.07, 6.45) is 3.01. The molecule has 1 heterocycles. The molecule has 9 heteroatoms. The van der Waals surface area contributed by atoms with Gasteiger partial charge in [-0.05, 0) is 48.6 Å². The smallest absolute Gasteiger partial charge is 0.410 e. The summed E-state index contributed by atoms with van der Waals surface area (Å²) >= 11 is 6.05. The molecule has 3 rings (SSSR count). The van der Waals surface area contributed by atoms with E-state index in [1.54, 1.807) is 4.90 Å². The highest BCUT2D eigenvalue weighted by molar-refractivity contribution is 6.33. The molecule has 2 atom stereocenters. The predicted molar refractivity (Wildman–Crippen MR) is 118 cm³/mol. The third-order valence-electron chi connectivity index (χ3n) is 5.95. The molecule has 1 N–H and O–H groups in total. The van der Waals surface area contributed by atoms with E-state index < -0.39 is 10.5 Å². The zero-order valence-corrected chi connectivity index (χ0v) is 19.2. The third kappa shape index (κ3) is 5.21. The van der Waals surface area contributed by atoms with E-state index in [0.717, 1.165) is 19.3 Å². The third-order valence-corrected chi connectivity index (χ3v) is 6.24. The largest absolute Gasteiger partial charge is 0.441 e. The molecule has 8 nitrogen and oxygen atoms in total. The van der Waals surface area contributed by atoms with Crippen molar-refractivity contribution in [1.29, 1.82) is 5.26 Å². The molecule has 2 aliphatic rings. The molecule has 2 unspecified atom stereocenters. The number of hydrogen-bond donors (Lipinski definition) is 1. The Morgan fingerprint density at radius 1 is 1.39 bits per heavy atom. The highest BCUT2D eigenvalue weighted by Crippen LogP contribution is 2.47. The maximum absolute atomic E-state index is 12.5. The molecule has 1 aliphatic heterocycles. The number of carbonyl (C=O) groups excluding carboxylic acids is 1. The summed E-state index contributed by atoms with van der Waals surface area (Å²) in [6, 6.07) is 4.73. The molecular formula is C22H29ClN4O4. The number of nitrogens with zero attached hydrogens (tertiary/aromatic N) is 3. The van der Waals surface area contributed by atoms with Crippen molar-refractivity contribution >= 4 is 29.1 Å². The van der Waals surface area contributed by atoms with Crippen LogP contribution < -0.4 is 5.32 Å². The Bertz CT molecular complexity index is 939. The first-order chi connectivity index (χ1) is 14.4. The fraction of sp³-hybridized carbons (Fsp3) is 0.636. The van der Waals surface area contributed by atoms with Gasteiger partial charge in [0.25, 0.3) is 0 Å². The summed E-state index contributed by atoms with van der Waals surface area (Å²) in [5.41, 5.74) is -0.542. The van der Waals surface area contributed by atoms with Crippen LogP contribution in [0.4, 0.5) is 16.2 Å². The Hall–Kier alpha value is -2.53. The fourth-order valence-corrected chi connectivity index (χ4v) is 5.13. The quantitative estimate of drug-likeness (QED) is 0.480. The van der Waals surface area contributed by atoms with Crippen LogP contribution in [0.2, 0.25) is 5.02 Å². The van der Waals surface area contributed by atoms with Crippen LogP contribution in [-0.4, -0.2) is 41.2 Å². The second-order valence-corrected chi connectivity index (χ2v) is 10.8. The standard InChI is InChI=1S/C22H29ClN4O4/c1-20(2,3)13-26-14-22(31-19(26)28)7-5-6-21(4,11-22)12-25-17-9-15(10-24)8-16(23)18(17)27(29)30/h8-9,25H,5-7,11-14H2,1-4H3. The molecule has 0 aromatic heterocycles. The van der Waals surface area contributed by atoms with E-state index in [2.05, 4.69) is 33.0 Å². The lowest BCUT2D eigenvalue weighted by atomic mass is 9.68. The molecule has 1 amide bonds. The lowest BCUT2D eigenvalue weighted by molar-refractivity contribution is -0.383. The van der Waals surface area contributed by atoms with Crippen LogP contribution in [0.15, 0.2) is 12.1 Å². The van der Waals surface area contributed by atoms with Gasteiger partial charge in [-0.1, -0.05) is 39.3 Å². The number of hydrogen-bond acceptors (Lipinski definition) is 6. The van der Waals surface area contributed by atoms with Gasteiger partial charge in [-0.25, -0.2) is 4.79 Å². The van der Waals surface area contributed by atoms with Crippen molar-refractivity contribution in [1.82, 2.24) is 4.90 Å². The van der Waals surface area contributed by atoms with Crippen molar-refractivity contribution in [2.45, 2.75) is 59.0 Å². The Morgan fingerprint density at radius 2 is 2.10 bits per heavy atom. The second-order valence-electron chi connectivity index (χ2n) is 10.4. The summed E-state index contributed by atoms with van der Waals surface area (Å²) in [5.74, 6) is 0. The topological polar surface area (TPSA) is 108 Å². The molecular weight excluding hydrogens is 420 g/mol. The van der Waals surface area contributed by atoms with Gasteiger partial charge in [0.1, 0.15) is 16.3 Å². The molecule has 1 saturated heterocycles. The zero-order chi connectivity index (χ0) is 23.0. The highest BCUT2D eigenvalue weighted by atomic mass is 35.5. The maximum Gasteiger partial charge on any atom is 0.410 e. The average Bonchev–Trinajstić information content (AvgIpc) is 2.91. The van der Waals surface area contributed by atoms with Gasteiger partial charge in [0, 0.05) is 13.1 Å². The molecule has 1 aliphatic carbocycles. The summed E-state index contributed by atoms with van der Waals surface area (Å²) < 4.78 is 5.90. The number of carbonyl (C=O) groups is 1. The summed E-state index contributed by atoms with van der Waals surface area (Å²) in [7, 11) is 0. The molecule has 1 aromatic rings. The normalized spacial score (nSPS) is 25.9. The minimum absolute atomic E-state index is 0.0198. The van der Waals surface area contributed by atoms with E-state index in [0.29, 0.717) is 26.1 Å². The van der Waals surface area contributed by atoms with E-state index in [1.165, 1.54) is 12.1 Å². The number of ether oxygens (including phenoxy) is 1. The molecule has 0 radical (unpaired) electrons. The summed E-state index contributed by atoms with van der Waals surface area (Å²) in [5, 5.41) is 23.8. The lowest BCUT2D eigenvalue weighted by Crippen LogP contribution is -2.46. The van der Waals surface area contributed by atoms with Crippen molar-refractivity contribution in [3.8, 4) is 6.07 Å². The van der Waals surface area contributed by atoms with Gasteiger partial charge in [0.05, 0.1) is 23.1 Å². The number of nitriles is 1. The monoisotopic (exact) mass is 448 g/mol. The van der Waals surface area contributed by atoms with Gasteiger partial charge in [-0.2, -0.15) is 5.26 Å². The van der Waals surface area contributed by atoms with Crippen molar-refractivity contribution in [2.24, 2.45) is 10.8 Å². The molecule has 31 heavy (non-hydrogen) atoms. The number of rotatable bonds is 5. The minimum Gasteiger partial charge on any atom is -0.441 e. The molecule has 1 spiro atoms. The predicted octanol–water partition coefficient (Wildman–Crippen LogP) is 5.35. The molecule has 1 saturated carbocycles. The number of benzene rings is 1. The molecule has 0 bridgehead atoms. The van der Waals surface area contributed by atoms with Crippen LogP contribution in [0.1, 0.15) is 58.9 Å². The lowest BCUT2D eigenvalue weighted by Gasteiger charge is -2.43. The van der Waals surface area contributed by atoms with Gasteiger partial charge >= 0.3 is 11.8 Å². The molecule has 2 fully saturated rings. The summed E-state index contributed by atoms with van der Waals surface area (Å²) in [4.78, 5) is 25.3. The average molecular weight is 449 g/mol. The van der Waals surface area contributed by atoms with Crippen LogP contribution in [0.25, 0.3) is 0 Å². The second kappa shape index (κ2) is 8.19. The summed E-state index contributed by atoms with van der Waals surface area (Å²) in [6.45, 7) is 10.0. The van der Waals surface area contributed by atoms with E-state index in [4.69, 9.17) is 16.3 Å². The number of amides is 1. The van der Waals surface area contributed by atoms with Crippen molar-refractivity contribution in [3.05, 3.63) is 32.8 Å². The van der Waals surface area contributed by atoms with Gasteiger partial charge in [0.2, 0.25) is 0 Å². The Kier molecular flexibility index (Phi) is 6.12. The number of nitrogens with one attached hydrogen (secondary N) is 1. The molecule has 1 aromatic carbocycles. The fourth-order valence-electron chi connectivity index (χ4n) is 4.84. The first kappa shape index (κ1) is 23.1. The number of nitro groups is 1. The van der Waals surface area contributed by atoms with Crippen molar-refractivity contribution in [3.63, 3.8) is 0 Å². The number of halogens is 1. The first-order valence-corrected chi connectivity index (χ1v) is 10.8. The van der Waals surface area contributed by atoms with Crippen LogP contribution in [-0.2, 0) is 4.74 Å². The molecule has 168 valence electrons. The Morgan fingerprint density at radius 3 is 2.71 bits per heavy atom. The van der Waals surface area contributed by atoms with Gasteiger partial charge in [-0.3, -0.25) is 10.1 Å². The van der Waals surface area contributed by atoms with Crippen LogP contribution in [0, 0.1) is 32.3 Å². The van der Waals surface area contributed by atoms with Gasteiger partial charge in [0.15, 0.2) is 0 Å². The van der Waals surface area contributed by atoms with E-state index in [1.807, 2.05) is 6.07 Å². The van der Waals surface area contributed by atoms with E-state index >= 15 is 0 Å². The minimum atomic E-state index is -0.542. The van der Waals surface area contributed by atoms with Crippen LogP contribution >= 0.6 is 11.6 Å². The Labute approximate surface area is 187 Å². The Balaban J connectivity index is 1.76. The van der Waals surface area contributed by atoms with Crippen molar-refractivity contribution in [2.75, 3.05) is 25.0 Å². The number of anilines is 1. The van der Waals surface area contributed by atoms with E-state index in [9.17, 15) is 20.2 Å². The highest BCUT2D eigenvalue weighted by Gasteiger charge is 2.51.